The first-order chi connectivity index (χ1) is 8.44. The summed E-state index contributed by atoms with van der Waals surface area (Å²) in [5.74, 6) is 0. The van der Waals surface area contributed by atoms with Crippen LogP contribution in [-0.4, -0.2) is 15.3 Å². The van der Waals surface area contributed by atoms with Gasteiger partial charge in [-0.2, -0.15) is 5.10 Å². The van der Waals surface area contributed by atoms with E-state index in [0.29, 0.717) is 0 Å². The van der Waals surface area contributed by atoms with Gasteiger partial charge < -0.3 is 5.32 Å². The number of hydrogen-bond acceptors (Lipinski definition) is 2. The summed E-state index contributed by atoms with van der Waals surface area (Å²) in [6.07, 6.45) is 2.01. The highest BCUT2D eigenvalue weighted by Gasteiger charge is 2.09. The molecule has 4 heteroatoms. The first kappa shape index (κ1) is 13.5. The van der Waals surface area contributed by atoms with Crippen molar-refractivity contribution in [3.63, 3.8) is 0 Å². The maximum absolute atomic E-state index is 4.58. The van der Waals surface area contributed by atoms with Gasteiger partial charge in [0.05, 0.1) is 11.4 Å². The van der Waals surface area contributed by atoms with Crippen molar-refractivity contribution in [1.29, 1.82) is 0 Å². The molecule has 2 rings (SSSR count). The Balaban J connectivity index is 2.11. The summed E-state index contributed by atoms with van der Waals surface area (Å²) in [7, 11) is 0. The third-order valence-electron chi connectivity index (χ3n) is 2.52. The van der Waals surface area contributed by atoms with Gasteiger partial charge in [-0.15, -0.1) is 0 Å². The van der Waals surface area contributed by atoms with Gasteiger partial charge in [0, 0.05) is 21.9 Å². The fourth-order valence-corrected chi connectivity index (χ4v) is 2.10. The summed E-state index contributed by atoms with van der Waals surface area (Å²) in [6, 6.07) is 10.4. The van der Waals surface area contributed by atoms with Crippen molar-refractivity contribution in [3.8, 4) is 5.69 Å². The standard InChI is InChI=1S/C14H18IN3/c1-14(2,3)16-10-12-7-8-18(17-12)13-6-4-5-11(15)9-13/h4-9,16H,10H2,1-3H3. The van der Waals surface area contributed by atoms with Gasteiger partial charge in [0.2, 0.25) is 0 Å². The van der Waals surface area contributed by atoms with Crippen LogP contribution in [-0.2, 0) is 6.54 Å². The number of halogens is 1. The molecule has 0 spiro atoms. The summed E-state index contributed by atoms with van der Waals surface area (Å²) >= 11 is 2.31. The van der Waals surface area contributed by atoms with E-state index in [-0.39, 0.29) is 5.54 Å². The number of benzene rings is 1. The van der Waals surface area contributed by atoms with E-state index in [1.807, 2.05) is 16.9 Å². The van der Waals surface area contributed by atoms with E-state index in [2.05, 4.69) is 78.0 Å². The van der Waals surface area contributed by atoms with E-state index in [0.717, 1.165) is 17.9 Å². The zero-order valence-corrected chi connectivity index (χ0v) is 13.1. The second-order valence-electron chi connectivity index (χ2n) is 5.34. The SMILES string of the molecule is CC(C)(C)NCc1ccn(-c2cccc(I)c2)n1. The molecule has 1 aromatic heterocycles. The Morgan fingerprint density at radius 2 is 2.06 bits per heavy atom. The number of hydrogen-bond donors (Lipinski definition) is 1. The van der Waals surface area contributed by atoms with Crippen molar-refractivity contribution in [2.45, 2.75) is 32.9 Å². The molecule has 0 radical (unpaired) electrons. The van der Waals surface area contributed by atoms with E-state index < -0.39 is 0 Å². The van der Waals surface area contributed by atoms with Gasteiger partial charge in [-0.05, 0) is 67.6 Å². The van der Waals surface area contributed by atoms with Crippen LogP contribution < -0.4 is 5.32 Å². The van der Waals surface area contributed by atoms with Crippen molar-refractivity contribution < 1.29 is 0 Å². The lowest BCUT2D eigenvalue weighted by atomic mass is 10.1. The molecule has 0 saturated heterocycles. The minimum absolute atomic E-state index is 0.117. The molecule has 0 atom stereocenters. The predicted molar refractivity (Wildman–Crippen MR) is 82.9 cm³/mol. The van der Waals surface area contributed by atoms with Crippen LogP contribution in [0.1, 0.15) is 26.5 Å². The highest BCUT2D eigenvalue weighted by molar-refractivity contribution is 14.1. The molecule has 0 bridgehead atoms. The molecule has 3 nitrogen and oxygen atoms in total. The topological polar surface area (TPSA) is 29.9 Å². The third kappa shape index (κ3) is 3.81. The lowest BCUT2D eigenvalue weighted by Crippen LogP contribution is -2.35. The zero-order chi connectivity index (χ0) is 13.2. The quantitative estimate of drug-likeness (QED) is 0.856. The molecule has 1 aromatic carbocycles. The molecule has 0 amide bonds. The number of rotatable bonds is 3. The van der Waals surface area contributed by atoms with E-state index >= 15 is 0 Å². The van der Waals surface area contributed by atoms with Crippen LogP contribution in [0.3, 0.4) is 0 Å². The van der Waals surface area contributed by atoms with Crippen LogP contribution in [0.5, 0.6) is 0 Å². The Hall–Kier alpha value is -0.880. The van der Waals surface area contributed by atoms with E-state index in [1.54, 1.807) is 0 Å². The Morgan fingerprint density at radius 1 is 1.28 bits per heavy atom. The first-order valence-corrected chi connectivity index (χ1v) is 7.07. The molecular weight excluding hydrogens is 337 g/mol. The predicted octanol–water partition coefficient (Wildman–Crippen LogP) is 3.37. The summed E-state index contributed by atoms with van der Waals surface area (Å²) in [5.41, 5.74) is 2.28. The molecular formula is C14H18IN3. The molecule has 0 unspecified atom stereocenters. The minimum atomic E-state index is 0.117. The molecule has 0 aliphatic rings. The third-order valence-corrected chi connectivity index (χ3v) is 3.19. The maximum Gasteiger partial charge on any atom is 0.0767 e. The molecule has 96 valence electrons. The van der Waals surface area contributed by atoms with Crippen LogP contribution in [0.15, 0.2) is 36.5 Å². The van der Waals surface area contributed by atoms with E-state index in [9.17, 15) is 0 Å². The van der Waals surface area contributed by atoms with Gasteiger partial charge in [0.1, 0.15) is 0 Å². The van der Waals surface area contributed by atoms with Crippen LogP contribution in [0.25, 0.3) is 5.69 Å². The first-order valence-electron chi connectivity index (χ1n) is 5.99. The Morgan fingerprint density at radius 3 is 2.72 bits per heavy atom. The van der Waals surface area contributed by atoms with Gasteiger partial charge in [0.15, 0.2) is 0 Å². The van der Waals surface area contributed by atoms with E-state index in [1.165, 1.54) is 3.57 Å². The molecule has 0 fully saturated rings. The van der Waals surface area contributed by atoms with Crippen LogP contribution >= 0.6 is 22.6 Å². The number of nitrogens with zero attached hydrogens (tertiary/aromatic N) is 2. The summed E-state index contributed by atoms with van der Waals surface area (Å²) in [6.45, 7) is 7.26. The van der Waals surface area contributed by atoms with Crippen LogP contribution in [0.4, 0.5) is 0 Å². The largest absolute Gasteiger partial charge is 0.306 e. The molecule has 1 N–H and O–H groups in total. The zero-order valence-electron chi connectivity index (χ0n) is 10.9. The highest BCUT2D eigenvalue weighted by atomic mass is 127. The fraction of sp³-hybridized carbons (Fsp3) is 0.357. The number of aromatic nitrogens is 2. The second-order valence-corrected chi connectivity index (χ2v) is 6.58. The van der Waals surface area contributed by atoms with Gasteiger partial charge >= 0.3 is 0 Å². The van der Waals surface area contributed by atoms with Gasteiger partial charge in [-0.1, -0.05) is 6.07 Å². The van der Waals surface area contributed by atoms with Crippen molar-refractivity contribution in [3.05, 3.63) is 45.8 Å². The van der Waals surface area contributed by atoms with Crippen molar-refractivity contribution in [2.75, 3.05) is 0 Å². The highest BCUT2D eigenvalue weighted by Crippen LogP contribution is 2.12. The number of nitrogens with one attached hydrogen (secondary N) is 1. The average molecular weight is 355 g/mol. The van der Waals surface area contributed by atoms with Crippen molar-refractivity contribution in [2.24, 2.45) is 0 Å². The van der Waals surface area contributed by atoms with Gasteiger partial charge in [0.25, 0.3) is 0 Å². The van der Waals surface area contributed by atoms with Gasteiger partial charge in [-0.3, -0.25) is 0 Å². The molecule has 2 aromatic rings. The van der Waals surface area contributed by atoms with Crippen LogP contribution in [0, 0.1) is 3.57 Å². The second kappa shape index (κ2) is 5.40. The Bertz CT molecular complexity index is 526. The minimum Gasteiger partial charge on any atom is -0.306 e. The lowest BCUT2D eigenvalue weighted by Gasteiger charge is -2.19. The van der Waals surface area contributed by atoms with E-state index in [4.69, 9.17) is 0 Å². The molecule has 0 aliphatic heterocycles. The van der Waals surface area contributed by atoms with Crippen molar-refractivity contribution in [1.82, 2.24) is 15.1 Å². The summed E-state index contributed by atoms with van der Waals surface area (Å²) in [4.78, 5) is 0. The summed E-state index contributed by atoms with van der Waals surface area (Å²) in [5, 5.41) is 8.01. The van der Waals surface area contributed by atoms with Crippen LogP contribution in [0.2, 0.25) is 0 Å². The van der Waals surface area contributed by atoms with Gasteiger partial charge in [-0.25, -0.2) is 4.68 Å². The molecule has 0 aliphatic carbocycles. The smallest absolute Gasteiger partial charge is 0.0767 e. The molecule has 0 saturated carbocycles. The Kier molecular flexibility index (Phi) is 4.07. The summed E-state index contributed by atoms with van der Waals surface area (Å²) < 4.78 is 3.14. The Labute approximate surface area is 122 Å². The molecule has 18 heavy (non-hydrogen) atoms. The average Bonchev–Trinajstić information content (AvgIpc) is 2.74. The lowest BCUT2D eigenvalue weighted by molar-refractivity contribution is 0.420. The molecule has 1 heterocycles. The maximum atomic E-state index is 4.58. The normalized spacial score (nSPS) is 11.8. The fourth-order valence-electron chi connectivity index (χ4n) is 1.57. The van der Waals surface area contributed by atoms with Crippen molar-refractivity contribution >= 4 is 22.6 Å². The monoisotopic (exact) mass is 355 g/mol.